The number of ether oxygens (including phenoxy) is 1. The fraction of sp³-hybridized carbons (Fsp3) is 1.00. The Labute approximate surface area is 95.8 Å². The molecule has 0 saturated carbocycles. The minimum Gasteiger partial charge on any atom is -0.387 e. The number of aliphatic hydroxyl groups excluding tert-OH is 4. The summed E-state index contributed by atoms with van der Waals surface area (Å²) in [6, 6.07) is 0. The molecule has 2 aliphatic rings. The predicted octanol–water partition coefficient (Wildman–Crippen LogP) is -2.70. The van der Waals surface area contributed by atoms with Crippen molar-refractivity contribution in [3.8, 4) is 0 Å². The van der Waals surface area contributed by atoms with Gasteiger partial charge in [0.05, 0.1) is 13.2 Å². The number of phosphoric acid groups is 1. The summed E-state index contributed by atoms with van der Waals surface area (Å²) in [6.07, 6.45) is -6.74. The summed E-state index contributed by atoms with van der Waals surface area (Å²) >= 11 is 0. The van der Waals surface area contributed by atoms with Crippen molar-refractivity contribution in [1.82, 2.24) is 0 Å². The minimum atomic E-state index is -4.18. The maximum Gasteiger partial charge on any atom is 0.472 e. The van der Waals surface area contributed by atoms with Gasteiger partial charge in [-0.25, -0.2) is 4.57 Å². The summed E-state index contributed by atoms with van der Waals surface area (Å²) in [5.74, 6) is 0. The molecule has 4 atom stereocenters. The van der Waals surface area contributed by atoms with Gasteiger partial charge >= 0.3 is 7.82 Å². The molecule has 1 spiro atoms. The van der Waals surface area contributed by atoms with Crippen molar-refractivity contribution in [3.63, 3.8) is 0 Å². The van der Waals surface area contributed by atoms with Gasteiger partial charge in [-0.15, -0.1) is 0 Å². The normalized spacial score (nSPS) is 56.1. The molecule has 0 amide bonds. The topological polar surface area (TPSA) is 146 Å². The molecule has 0 aliphatic carbocycles. The van der Waals surface area contributed by atoms with Crippen LogP contribution in [0.1, 0.15) is 0 Å². The van der Waals surface area contributed by atoms with E-state index in [0.717, 1.165) is 0 Å². The lowest BCUT2D eigenvalue weighted by atomic mass is 9.88. The number of hydrogen-bond donors (Lipinski definition) is 5. The van der Waals surface area contributed by atoms with E-state index in [2.05, 4.69) is 9.05 Å². The van der Waals surface area contributed by atoms with E-state index in [0.29, 0.717) is 0 Å². The van der Waals surface area contributed by atoms with Gasteiger partial charge in [-0.1, -0.05) is 0 Å². The van der Waals surface area contributed by atoms with Crippen LogP contribution in [0.15, 0.2) is 0 Å². The quantitative estimate of drug-likeness (QED) is 0.297. The van der Waals surface area contributed by atoms with Gasteiger partial charge in [-0.2, -0.15) is 0 Å². The summed E-state index contributed by atoms with van der Waals surface area (Å²) in [4.78, 5) is 8.96. The van der Waals surface area contributed by atoms with Crippen LogP contribution in [0.5, 0.6) is 0 Å². The SMILES string of the molecule is O=P1(O)OCC2(CO1)OC(O)[C@H](O)[C@@H](O)[C@@H]2O. The van der Waals surface area contributed by atoms with Crippen molar-refractivity contribution >= 4 is 7.82 Å². The monoisotopic (exact) mass is 272 g/mol. The van der Waals surface area contributed by atoms with Gasteiger partial charge in [0.2, 0.25) is 0 Å². The Hall–Kier alpha value is -0.0900. The first kappa shape index (κ1) is 13.3. The highest BCUT2D eigenvalue weighted by Gasteiger charge is 2.57. The number of hydrogen-bond acceptors (Lipinski definition) is 8. The molecule has 0 bridgehead atoms. The highest BCUT2D eigenvalue weighted by Crippen LogP contribution is 2.50. The molecule has 2 heterocycles. The van der Waals surface area contributed by atoms with Crippen LogP contribution >= 0.6 is 7.82 Å². The number of rotatable bonds is 0. The first-order valence-corrected chi connectivity index (χ1v) is 6.29. The number of phosphoric ester groups is 1. The summed E-state index contributed by atoms with van der Waals surface area (Å²) in [5.41, 5.74) is -1.69. The Morgan fingerprint density at radius 2 is 1.59 bits per heavy atom. The maximum absolute atomic E-state index is 11.0. The largest absolute Gasteiger partial charge is 0.472 e. The van der Waals surface area contributed by atoms with Crippen molar-refractivity contribution in [2.45, 2.75) is 30.2 Å². The lowest BCUT2D eigenvalue weighted by Gasteiger charge is -2.48. The molecule has 0 aromatic rings. The molecule has 2 fully saturated rings. The van der Waals surface area contributed by atoms with Crippen LogP contribution in [0.4, 0.5) is 0 Å². The van der Waals surface area contributed by atoms with Crippen LogP contribution < -0.4 is 0 Å². The fourth-order valence-corrected chi connectivity index (χ4v) is 2.58. The first-order chi connectivity index (χ1) is 7.77. The molecule has 0 aromatic heterocycles. The Balaban J connectivity index is 2.18. The highest BCUT2D eigenvalue weighted by atomic mass is 31.2. The van der Waals surface area contributed by atoms with Gasteiger partial charge in [-0.3, -0.25) is 9.05 Å². The zero-order chi connectivity index (χ0) is 12.8. The zero-order valence-electron chi connectivity index (χ0n) is 8.54. The van der Waals surface area contributed by atoms with E-state index in [4.69, 9.17) is 9.63 Å². The molecule has 0 aromatic carbocycles. The number of aliphatic hydroxyl groups is 4. The van der Waals surface area contributed by atoms with E-state index in [1.807, 2.05) is 0 Å². The van der Waals surface area contributed by atoms with Gasteiger partial charge < -0.3 is 30.1 Å². The van der Waals surface area contributed by atoms with Crippen molar-refractivity contribution in [2.24, 2.45) is 0 Å². The van der Waals surface area contributed by atoms with Gasteiger partial charge in [-0.05, 0) is 0 Å². The van der Waals surface area contributed by atoms with Crippen LogP contribution in [0.2, 0.25) is 0 Å². The van der Waals surface area contributed by atoms with Gasteiger partial charge in [0.15, 0.2) is 6.29 Å². The molecule has 17 heavy (non-hydrogen) atoms. The maximum atomic E-state index is 11.0. The van der Waals surface area contributed by atoms with E-state index >= 15 is 0 Å². The van der Waals surface area contributed by atoms with Crippen molar-refractivity contribution < 1.29 is 43.7 Å². The molecule has 5 N–H and O–H groups in total. The highest BCUT2D eigenvalue weighted by molar-refractivity contribution is 7.47. The molecular formula is C7H13O9P. The molecule has 2 aliphatic heterocycles. The van der Waals surface area contributed by atoms with Gasteiger partial charge in [0.1, 0.15) is 23.9 Å². The second-order valence-corrected chi connectivity index (χ2v) is 5.47. The molecule has 2 saturated heterocycles. The molecule has 10 heteroatoms. The third-order valence-corrected chi connectivity index (χ3v) is 3.71. The van der Waals surface area contributed by atoms with E-state index in [-0.39, 0.29) is 0 Å². The van der Waals surface area contributed by atoms with Crippen LogP contribution in [0.3, 0.4) is 0 Å². The Morgan fingerprint density at radius 3 is 2.12 bits per heavy atom. The van der Waals surface area contributed by atoms with E-state index in [1.165, 1.54) is 0 Å². The Kier molecular flexibility index (Phi) is 3.32. The van der Waals surface area contributed by atoms with Gasteiger partial charge in [0.25, 0.3) is 0 Å². The third kappa shape index (κ3) is 2.26. The molecular weight excluding hydrogens is 259 g/mol. The summed E-state index contributed by atoms with van der Waals surface area (Å²) < 4.78 is 24.8. The van der Waals surface area contributed by atoms with Crippen LogP contribution in [-0.4, -0.2) is 68.7 Å². The lowest BCUT2D eigenvalue weighted by Crippen LogP contribution is -2.68. The predicted molar refractivity (Wildman–Crippen MR) is 49.6 cm³/mol. The van der Waals surface area contributed by atoms with Gasteiger partial charge in [0, 0.05) is 0 Å². The Morgan fingerprint density at radius 1 is 1.06 bits per heavy atom. The van der Waals surface area contributed by atoms with Crippen LogP contribution in [0.25, 0.3) is 0 Å². The minimum absolute atomic E-state index is 0.553. The fourth-order valence-electron chi connectivity index (χ4n) is 1.75. The summed E-state index contributed by atoms with van der Waals surface area (Å²) in [5, 5.41) is 37.8. The molecule has 1 unspecified atom stereocenters. The zero-order valence-corrected chi connectivity index (χ0v) is 9.43. The second-order valence-electron chi connectivity index (χ2n) is 4.01. The van der Waals surface area contributed by atoms with Crippen molar-refractivity contribution in [2.75, 3.05) is 13.2 Å². The summed E-state index contributed by atoms with van der Waals surface area (Å²) in [7, 11) is -4.18. The smallest absolute Gasteiger partial charge is 0.387 e. The van der Waals surface area contributed by atoms with E-state index < -0.39 is 51.2 Å². The van der Waals surface area contributed by atoms with Crippen LogP contribution in [0, 0.1) is 0 Å². The third-order valence-electron chi connectivity index (χ3n) is 2.80. The molecule has 9 nitrogen and oxygen atoms in total. The van der Waals surface area contributed by atoms with Crippen molar-refractivity contribution in [3.05, 3.63) is 0 Å². The average molecular weight is 272 g/mol. The lowest BCUT2D eigenvalue weighted by molar-refractivity contribution is -0.336. The summed E-state index contributed by atoms with van der Waals surface area (Å²) in [6.45, 7) is -1.11. The first-order valence-electron chi connectivity index (χ1n) is 4.79. The van der Waals surface area contributed by atoms with Crippen molar-refractivity contribution in [1.29, 1.82) is 0 Å². The second kappa shape index (κ2) is 4.23. The van der Waals surface area contributed by atoms with E-state index in [1.54, 1.807) is 0 Å². The molecule has 0 radical (unpaired) electrons. The average Bonchev–Trinajstić information content (AvgIpc) is 2.28. The van der Waals surface area contributed by atoms with Crippen LogP contribution in [-0.2, 0) is 18.3 Å². The van der Waals surface area contributed by atoms with E-state index in [9.17, 15) is 25.0 Å². The molecule has 100 valence electrons. The molecule has 2 rings (SSSR count). The standard InChI is InChI=1S/C7H13O9P/c8-3-4(9)6(11)16-7(5(3)10)1-14-17(12,13)15-2-7/h3-6,8-11H,1-2H2,(H,12,13)/t3-,4-,5+,6?/m1/s1. The Bertz CT molecular complexity index is 334.